The van der Waals surface area contributed by atoms with Crippen molar-refractivity contribution in [1.29, 1.82) is 0 Å². The minimum absolute atomic E-state index is 0.0403. The van der Waals surface area contributed by atoms with Crippen molar-refractivity contribution in [3.05, 3.63) is 59.2 Å². The molecule has 0 bridgehead atoms. The van der Waals surface area contributed by atoms with Gasteiger partial charge in [0.1, 0.15) is 5.75 Å². The lowest BCUT2D eigenvalue weighted by Crippen LogP contribution is -2.27. The number of hydrogen-bond acceptors (Lipinski definition) is 3. The van der Waals surface area contributed by atoms with Crippen molar-refractivity contribution in [1.82, 2.24) is 0 Å². The maximum absolute atomic E-state index is 12.4. The lowest BCUT2D eigenvalue weighted by molar-refractivity contribution is -0.139. The van der Waals surface area contributed by atoms with Crippen LogP contribution in [-0.2, 0) is 9.59 Å². The number of aryl methyl sites for hydroxylation is 3. The van der Waals surface area contributed by atoms with E-state index in [2.05, 4.69) is 0 Å². The quantitative estimate of drug-likeness (QED) is 0.641. The molecule has 0 aliphatic carbocycles. The Kier molecular flexibility index (Phi) is 4.38. The fourth-order valence-corrected chi connectivity index (χ4v) is 2.95. The molecular formula is C20H21NO3. The Hall–Kier alpha value is -2.62. The van der Waals surface area contributed by atoms with Gasteiger partial charge in [0, 0.05) is 18.7 Å². The Bertz CT molecular complexity index is 780. The van der Waals surface area contributed by atoms with Crippen molar-refractivity contribution in [2.24, 2.45) is 5.92 Å². The maximum Gasteiger partial charge on any atom is 0.316 e. The van der Waals surface area contributed by atoms with Crippen LogP contribution in [0.2, 0.25) is 0 Å². The van der Waals surface area contributed by atoms with Crippen LogP contribution in [0.1, 0.15) is 23.1 Å². The number of carbonyl (C=O) groups is 2. The van der Waals surface area contributed by atoms with Crippen molar-refractivity contribution in [2.45, 2.75) is 27.2 Å². The average molecular weight is 323 g/mol. The number of benzene rings is 2. The lowest BCUT2D eigenvalue weighted by atomic mass is 10.1. The van der Waals surface area contributed by atoms with E-state index in [9.17, 15) is 9.59 Å². The highest BCUT2D eigenvalue weighted by molar-refractivity contribution is 5.99. The largest absolute Gasteiger partial charge is 0.426 e. The van der Waals surface area contributed by atoms with Crippen molar-refractivity contribution in [2.75, 3.05) is 11.4 Å². The SMILES string of the molecule is Cc1ccc(N2C[C@@H](C(=O)Oc3ccc(C)cc3C)CC2=O)cc1. The number of nitrogens with zero attached hydrogens (tertiary/aromatic N) is 1. The first-order chi connectivity index (χ1) is 11.4. The minimum atomic E-state index is -0.431. The molecule has 1 aliphatic rings. The van der Waals surface area contributed by atoms with E-state index in [1.165, 1.54) is 0 Å². The van der Waals surface area contributed by atoms with Crippen LogP contribution in [0.5, 0.6) is 5.75 Å². The molecule has 124 valence electrons. The summed E-state index contributed by atoms with van der Waals surface area (Å²) in [5.74, 6) is -0.252. The summed E-state index contributed by atoms with van der Waals surface area (Å²) in [5, 5.41) is 0. The Balaban J connectivity index is 1.70. The van der Waals surface area contributed by atoms with Gasteiger partial charge in [-0.2, -0.15) is 0 Å². The lowest BCUT2D eigenvalue weighted by Gasteiger charge is -2.17. The van der Waals surface area contributed by atoms with Crippen LogP contribution in [0.25, 0.3) is 0 Å². The van der Waals surface area contributed by atoms with Crippen LogP contribution in [-0.4, -0.2) is 18.4 Å². The Morgan fingerprint density at radius 1 is 1.04 bits per heavy atom. The molecule has 0 radical (unpaired) electrons. The van der Waals surface area contributed by atoms with Crippen LogP contribution in [0, 0.1) is 26.7 Å². The van der Waals surface area contributed by atoms with E-state index in [4.69, 9.17) is 4.74 Å². The van der Waals surface area contributed by atoms with Crippen molar-refractivity contribution in [3.63, 3.8) is 0 Å². The second kappa shape index (κ2) is 6.48. The molecule has 2 aromatic carbocycles. The molecule has 24 heavy (non-hydrogen) atoms. The number of carbonyl (C=O) groups excluding carboxylic acids is 2. The third kappa shape index (κ3) is 3.32. The van der Waals surface area contributed by atoms with E-state index >= 15 is 0 Å². The monoisotopic (exact) mass is 323 g/mol. The van der Waals surface area contributed by atoms with Gasteiger partial charge in [-0.15, -0.1) is 0 Å². The highest BCUT2D eigenvalue weighted by Gasteiger charge is 2.36. The molecule has 0 N–H and O–H groups in total. The van der Waals surface area contributed by atoms with Crippen LogP contribution >= 0.6 is 0 Å². The molecule has 0 saturated carbocycles. The van der Waals surface area contributed by atoms with Gasteiger partial charge in [-0.05, 0) is 44.5 Å². The standard InChI is InChI=1S/C20H21NO3/c1-13-4-7-17(8-5-13)21-12-16(11-19(21)22)20(23)24-18-9-6-14(2)10-15(18)3/h4-10,16H,11-12H2,1-3H3/t16-/m0/s1. The Morgan fingerprint density at radius 3 is 2.38 bits per heavy atom. The maximum atomic E-state index is 12.4. The van der Waals surface area contributed by atoms with Gasteiger partial charge >= 0.3 is 5.97 Å². The van der Waals surface area contributed by atoms with Crippen LogP contribution in [0.3, 0.4) is 0 Å². The van der Waals surface area contributed by atoms with Crippen molar-refractivity contribution >= 4 is 17.6 Å². The number of esters is 1. The fraction of sp³-hybridized carbons (Fsp3) is 0.300. The molecule has 1 amide bonds. The first kappa shape index (κ1) is 16.2. The Morgan fingerprint density at radius 2 is 1.71 bits per heavy atom. The van der Waals surface area contributed by atoms with Gasteiger partial charge in [0.25, 0.3) is 0 Å². The molecule has 1 aliphatic heterocycles. The normalized spacial score (nSPS) is 17.2. The van der Waals surface area contributed by atoms with Gasteiger partial charge in [0.05, 0.1) is 5.92 Å². The minimum Gasteiger partial charge on any atom is -0.426 e. The molecule has 1 heterocycles. The molecule has 4 heteroatoms. The summed E-state index contributed by atoms with van der Waals surface area (Å²) in [6.45, 7) is 6.27. The van der Waals surface area contributed by atoms with Gasteiger partial charge in [0.15, 0.2) is 0 Å². The topological polar surface area (TPSA) is 46.6 Å². The smallest absolute Gasteiger partial charge is 0.316 e. The zero-order chi connectivity index (χ0) is 17.3. The predicted molar refractivity (Wildman–Crippen MR) is 93.2 cm³/mol. The number of rotatable bonds is 3. The third-order valence-electron chi connectivity index (χ3n) is 4.34. The summed E-state index contributed by atoms with van der Waals surface area (Å²) in [4.78, 5) is 26.3. The highest BCUT2D eigenvalue weighted by Crippen LogP contribution is 2.27. The zero-order valence-corrected chi connectivity index (χ0v) is 14.2. The van der Waals surface area contributed by atoms with E-state index in [1.807, 2.05) is 57.2 Å². The summed E-state index contributed by atoms with van der Waals surface area (Å²) in [6.07, 6.45) is 0.192. The fourth-order valence-electron chi connectivity index (χ4n) is 2.95. The second-order valence-electron chi connectivity index (χ2n) is 6.43. The van der Waals surface area contributed by atoms with Gasteiger partial charge in [-0.3, -0.25) is 9.59 Å². The number of anilines is 1. The molecule has 0 aromatic heterocycles. The highest BCUT2D eigenvalue weighted by atomic mass is 16.5. The van der Waals surface area contributed by atoms with Crippen molar-refractivity contribution < 1.29 is 14.3 Å². The first-order valence-corrected chi connectivity index (χ1v) is 8.10. The summed E-state index contributed by atoms with van der Waals surface area (Å²) in [7, 11) is 0. The summed E-state index contributed by atoms with van der Waals surface area (Å²) in [5.41, 5.74) is 4.00. The molecule has 0 unspecified atom stereocenters. The van der Waals surface area contributed by atoms with E-state index in [0.29, 0.717) is 12.3 Å². The van der Waals surface area contributed by atoms with Crippen LogP contribution in [0.4, 0.5) is 5.69 Å². The molecule has 3 rings (SSSR count). The molecule has 1 fully saturated rings. The third-order valence-corrected chi connectivity index (χ3v) is 4.34. The summed E-state index contributed by atoms with van der Waals surface area (Å²) >= 11 is 0. The van der Waals surface area contributed by atoms with Gasteiger partial charge in [-0.25, -0.2) is 0 Å². The molecule has 1 saturated heterocycles. The van der Waals surface area contributed by atoms with Crippen LogP contribution < -0.4 is 9.64 Å². The van der Waals surface area contributed by atoms with Crippen LogP contribution in [0.15, 0.2) is 42.5 Å². The van der Waals surface area contributed by atoms with E-state index in [1.54, 1.807) is 11.0 Å². The predicted octanol–water partition coefficient (Wildman–Crippen LogP) is 3.57. The number of amides is 1. The number of ether oxygens (including phenoxy) is 1. The van der Waals surface area contributed by atoms with E-state index in [0.717, 1.165) is 22.4 Å². The first-order valence-electron chi connectivity index (χ1n) is 8.10. The van der Waals surface area contributed by atoms with Gasteiger partial charge in [-0.1, -0.05) is 35.4 Å². The molecule has 0 spiro atoms. The van der Waals surface area contributed by atoms with E-state index < -0.39 is 5.92 Å². The van der Waals surface area contributed by atoms with Gasteiger partial charge in [0.2, 0.25) is 5.91 Å². The van der Waals surface area contributed by atoms with Crippen molar-refractivity contribution in [3.8, 4) is 5.75 Å². The zero-order valence-electron chi connectivity index (χ0n) is 14.2. The molecule has 1 atom stereocenters. The Labute approximate surface area is 142 Å². The van der Waals surface area contributed by atoms with Gasteiger partial charge < -0.3 is 9.64 Å². The number of hydrogen-bond donors (Lipinski definition) is 0. The second-order valence-corrected chi connectivity index (χ2v) is 6.43. The average Bonchev–Trinajstić information content (AvgIpc) is 2.93. The molecular weight excluding hydrogens is 302 g/mol. The van der Waals surface area contributed by atoms with E-state index in [-0.39, 0.29) is 18.3 Å². The molecule has 4 nitrogen and oxygen atoms in total. The summed E-state index contributed by atoms with van der Waals surface area (Å²) < 4.78 is 5.52. The molecule has 2 aromatic rings. The summed E-state index contributed by atoms with van der Waals surface area (Å²) in [6, 6.07) is 13.4.